The molecule has 0 aliphatic rings. The molecule has 0 aliphatic carbocycles. The summed E-state index contributed by atoms with van der Waals surface area (Å²) in [7, 11) is -0.489. The van der Waals surface area contributed by atoms with E-state index >= 15 is 0 Å². The summed E-state index contributed by atoms with van der Waals surface area (Å²) in [5.74, 6) is 0.831. The third-order valence-corrected chi connectivity index (χ3v) is 3.54. The number of hydrogen-bond acceptors (Lipinski definition) is 2. The summed E-state index contributed by atoms with van der Waals surface area (Å²) in [5, 5.41) is 1.03. The van der Waals surface area contributed by atoms with E-state index in [0.29, 0.717) is 0 Å². The van der Waals surface area contributed by atoms with Crippen LogP contribution in [0, 0.1) is 0 Å². The van der Waals surface area contributed by atoms with Crippen LogP contribution in [0.2, 0.25) is 13.1 Å². The number of hydrogen-bond donors (Lipinski definition) is 1. The molecule has 0 spiro atoms. The Labute approximate surface area is 73.9 Å². The largest absolute Gasteiger partial charge is 0.497 e. The first kappa shape index (κ1) is 9.29. The summed E-state index contributed by atoms with van der Waals surface area (Å²) in [6.45, 7) is 3.80. The minimum absolute atomic E-state index is 0.831. The molecule has 1 N–H and O–H groups in total. The van der Waals surface area contributed by atoms with Crippen LogP contribution in [0.15, 0.2) is 24.3 Å². The van der Waals surface area contributed by atoms with Crippen LogP contribution in [-0.4, -0.2) is 20.2 Å². The maximum atomic E-state index is 9.75. The van der Waals surface area contributed by atoms with Crippen molar-refractivity contribution in [2.24, 2.45) is 0 Å². The van der Waals surface area contributed by atoms with Gasteiger partial charge >= 0.3 is 0 Å². The predicted octanol–water partition coefficient (Wildman–Crippen LogP) is 1.10. The standard InChI is InChI=1S/C9H14O2Si/c1-11-8-4-6-9(7-5-8)12(2,3)10/h4-7,10H,1-3H3. The minimum Gasteiger partial charge on any atom is -0.497 e. The van der Waals surface area contributed by atoms with E-state index in [1.807, 2.05) is 37.4 Å². The minimum atomic E-state index is -2.12. The Bertz CT molecular complexity index is 248. The highest BCUT2D eigenvalue weighted by Crippen LogP contribution is 2.08. The van der Waals surface area contributed by atoms with Crippen LogP contribution in [0.5, 0.6) is 5.75 Å². The van der Waals surface area contributed by atoms with Crippen molar-refractivity contribution in [2.75, 3.05) is 7.11 Å². The second-order valence-electron chi connectivity index (χ2n) is 3.29. The summed E-state index contributed by atoms with van der Waals surface area (Å²) in [4.78, 5) is 9.75. The smallest absolute Gasteiger partial charge is 0.213 e. The number of rotatable bonds is 2. The van der Waals surface area contributed by atoms with Gasteiger partial charge in [-0.2, -0.15) is 0 Å². The zero-order valence-corrected chi connectivity index (χ0v) is 8.66. The molecule has 12 heavy (non-hydrogen) atoms. The van der Waals surface area contributed by atoms with Crippen molar-refractivity contribution in [2.45, 2.75) is 13.1 Å². The molecule has 66 valence electrons. The van der Waals surface area contributed by atoms with Crippen molar-refractivity contribution in [3.05, 3.63) is 24.3 Å². The van der Waals surface area contributed by atoms with Crippen molar-refractivity contribution < 1.29 is 9.53 Å². The van der Waals surface area contributed by atoms with Gasteiger partial charge in [-0.15, -0.1) is 0 Å². The second kappa shape index (κ2) is 3.29. The molecule has 0 unspecified atom stereocenters. The molecule has 3 heteroatoms. The van der Waals surface area contributed by atoms with Gasteiger partial charge in [0, 0.05) is 0 Å². The first-order chi connectivity index (χ1) is 5.54. The molecule has 0 aliphatic heterocycles. The van der Waals surface area contributed by atoms with E-state index in [2.05, 4.69) is 0 Å². The third-order valence-electron chi connectivity index (χ3n) is 1.80. The fourth-order valence-corrected chi connectivity index (χ4v) is 1.98. The number of ether oxygens (including phenoxy) is 1. The Morgan fingerprint density at radius 1 is 1.17 bits per heavy atom. The average Bonchev–Trinajstić information content (AvgIpc) is 2.03. The van der Waals surface area contributed by atoms with Crippen molar-refractivity contribution in [1.29, 1.82) is 0 Å². The topological polar surface area (TPSA) is 29.5 Å². The van der Waals surface area contributed by atoms with Crippen molar-refractivity contribution >= 4 is 13.5 Å². The van der Waals surface area contributed by atoms with Gasteiger partial charge in [0.2, 0.25) is 8.32 Å². The molecule has 0 saturated heterocycles. The lowest BCUT2D eigenvalue weighted by atomic mass is 10.3. The van der Waals surface area contributed by atoms with Gasteiger partial charge in [-0.1, -0.05) is 12.1 Å². The molecule has 1 aromatic rings. The van der Waals surface area contributed by atoms with Crippen LogP contribution in [-0.2, 0) is 0 Å². The molecule has 0 aromatic heterocycles. The van der Waals surface area contributed by atoms with Crippen LogP contribution in [0.1, 0.15) is 0 Å². The van der Waals surface area contributed by atoms with E-state index in [0.717, 1.165) is 10.9 Å². The fraction of sp³-hybridized carbons (Fsp3) is 0.333. The second-order valence-corrected chi connectivity index (χ2v) is 6.98. The highest BCUT2D eigenvalue weighted by Gasteiger charge is 2.19. The quantitative estimate of drug-likeness (QED) is 0.694. The summed E-state index contributed by atoms with van der Waals surface area (Å²) >= 11 is 0. The monoisotopic (exact) mass is 182 g/mol. The maximum absolute atomic E-state index is 9.75. The first-order valence-electron chi connectivity index (χ1n) is 3.91. The van der Waals surface area contributed by atoms with E-state index in [4.69, 9.17) is 4.74 Å². The van der Waals surface area contributed by atoms with E-state index in [1.54, 1.807) is 7.11 Å². The zero-order chi connectivity index (χ0) is 9.19. The molecule has 0 amide bonds. The van der Waals surface area contributed by atoms with Crippen LogP contribution >= 0.6 is 0 Å². The van der Waals surface area contributed by atoms with E-state index < -0.39 is 8.32 Å². The Kier molecular flexibility index (Phi) is 2.54. The van der Waals surface area contributed by atoms with Crippen LogP contribution in [0.4, 0.5) is 0 Å². The van der Waals surface area contributed by atoms with Crippen molar-refractivity contribution in [3.63, 3.8) is 0 Å². The first-order valence-corrected chi connectivity index (χ1v) is 6.85. The van der Waals surface area contributed by atoms with Crippen LogP contribution in [0.3, 0.4) is 0 Å². The lowest BCUT2D eigenvalue weighted by Gasteiger charge is -2.14. The van der Waals surface area contributed by atoms with E-state index in [-0.39, 0.29) is 0 Å². The summed E-state index contributed by atoms with van der Waals surface area (Å²) in [5.41, 5.74) is 0. The molecule has 1 rings (SSSR count). The summed E-state index contributed by atoms with van der Waals surface area (Å²) in [6, 6.07) is 7.59. The molecular weight excluding hydrogens is 168 g/mol. The molecule has 0 radical (unpaired) electrons. The SMILES string of the molecule is COc1ccc([Si](C)(C)O)cc1. The van der Waals surface area contributed by atoms with Gasteiger partial charge in [-0.25, -0.2) is 0 Å². The van der Waals surface area contributed by atoms with E-state index in [9.17, 15) is 4.80 Å². The normalized spacial score (nSPS) is 11.3. The Balaban J connectivity index is 2.93. The summed E-state index contributed by atoms with van der Waals surface area (Å²) < 4.78 is 5.02. The third kappa shape index (κ3) is 2.09. The fourth-order valence-electron chi connectivity index (χ4n) is 0.999. The molecular formula is C9H14O2Si. The lowest BCUT2D eigenvalue weighted by molar-refractivity contribution is 0.415. The van der Waals surface area contributed by atoms with Crippen molar-refractivity contribution in [1.82, 2.24) is 0 Å². The highest BCUT2D eigenvalue weighted by atomic mass is 28.4. The predicted molar refractivity (Wildman–Crippen MR) is 52.3 cm³/mol. The average molecular weight is 182 g/mol. The van der Waals surface area contributed by atoms with Crippen LogP contribution < -0.4 is 9.92 Å². The molecule has 0 fully saturated rings. The van der Waals surface area contributed by atoms with Gasteiger partial charge in [0.15, 0.2) is 0 Å². The molecule has 0 bridgehead atoms. The van der Waals surface area contributed by atoms with Gasteiger partial charge < -0.3 is 9.53 Å². The van der Waals surface area contributed by atoms with Crippen LogP contribution in [0.25, 0.3) is 0 Å². The highest BCUT2D eigenvalue weighted by molar-refractivity contribution is 6.83. The van der Waals surface area contributed by atoms with E-state index in [1.165, 1.54) is 0 Å². The maximum Gasteiger partial charge on any atom is 0.213 e. The van der Waals surface area contributed by atoms with Crippen molar-refractivity contribution in [3.8, 4) is 5.75 Å². The van der Waals surface area contributed by atoms with Gasteiger partial charge in [-0.05, 0) is 30.4 Å². The zero-order valence-electron chi connectivity index (χ0n) is 7.66. The number of methoxy groups -OCH3 is 1. The Morgan fingerprint density at radius 3 is 2.00 bits per heavy atom. The molecule has 2 nitrogen and oxygen atoms in total. The molecule has 1 aromatic carbocycles. The molecule has 0 atom stereocenters. The van der Waals surface area contributed by atoms with Gasteiger partial charge in [0.25, 0.3) is 0 Å². The molecule has 0 saturated carbocycles. The summed E-state index contributed by atoms with van der Waals surface area (Å²) in [6.07, 6.45) is 0. The van der Waals surface area contributed by atoms with Gasteiger partial charge in [0.05, 0.1) is 7.11 Å². The van der Waals surface area contributed by atoms with Gasteiger partial charge in [0.1, 0.15) is 5.75 Å². The number of benzene rings is 1. The molecule has 0 heterocycles. The Morgan fingerprint density at radius 2 is 1.67 bits per heavy atom. The lowest BCUT2D eigenvalue weighted by Crippen LogP contribution is -2.41. The Hall–Kier alpha value is -0.803. The van der Waals surface area contributed by atoms with Gasteiger partial charge in [-0.3, -0.25) is 0 Å².